The molecule has 0 bridgehead atoms. The van der Waals surface area contributed by atoms with Gasteiger partial charge in [0.05, 0.1) is 6.04 Å². The van der Waals surface area contributed by atoms with Crippen molar-refractivity contribution < 1.29 is 17.9 Å². The van der Waals surface area contributed by atoms with E-state index in [0.29, 0.717) is 0 Å². The molecule has 0 aliphatic heterocycles. The Morgan fingerprint density at radius 3 is 2.46 bits per heavy atom. The monoisotopic (exact) mass is 335 g/mol. The number of unbranched alkanes of at least 4 members (excludes halogenated alkanes) is 1. The zero-order chi connectivity index (χ0) is 17.6. The topological polar surface area (TPSA) is 35.2 Å². The van der Waals surface area contributed by atoms with Crippen molar-refractivity contribution in [1.82, 2.24) is 0 Å². The minimum atomic E-state index is -4.71. The normalized spacial score (nSPS) is 19.2. The third-order valence-corrected chi connectivity index (χ3v) is 3.59. The zero-order valence-corrected chi connectivity index (χ0v) is 13.2. The highest BCUT2D eigenvalue weighted by molar-refractivity contribution is 5.60. The SMILES string of the molecule is C=CCCCc1ccc(C=C2C=CC(OC(F)(F)F)=CC2N)cc1. The van der Waals surface area contributed by atoms with Crippen molar-refractivity contribution in [2.45, 2.75) is 31.7 Å². The van der Waals surface area contributed by atoms with Crippen LogP contribution >= 0.6 is 0 Å². The lowest BCUT2D eigenvalue weighted by Crippen LogP contribution is -2.23. The number of hydrogen-bond donors (Lipinski definition) is 1. The van der Waals surface area contributed by atoms with Crippen LogP contribution in [0.2, 0.25) is 0 Å². The minimum Gasteiger partial charge on any atom is -0.406 e. The molecule has 2 nitrogen and oxygen atoms in total. The van der Waals surface area contributed by atoms with Crippen molar-refractivity contribution in [1.29, 1.82) is 0 Å². The molecule has 0 heterocycles. The highest BCUT2D eigenvalue weighted by atomic mass is 19.4. The van der Waals surface area contributed by atoms with Crippen molar-refractivity contribution in [2.24, 2.45) is 5.73 Å². The Kier molecular flexibility index (Phi) is 6.04. The molecule has 0 aromatic heterocycles. The maximum Gasteiger partial charge on any atom is 0.573 e. The quantitative estimate of drug-likeness (QED) is 0.593. The molecule has 0 spiro atoms. The fraction of sp³-hybridized carbons (Fsp3) is 0.263. The van der Waals surface area contributed by atoms with E-state index in [-0.39, 0.29) is 5.76 Å². The van der Waals surface area contributed by atoms with Crippen LogP contribution in [0.4, 0.5) is 13.2 Å². The van der Waals surface area contributed by atoms with Gasteiger partial charge < -0.3 is 10.5 Å². The summed E-state index contributed by atoms with van der Waals surface area (Å²) in [5.41, 5.74) is 8.81. The number of benzene rings is 1. The number of hydrogen-bond acceptors (Lipinski definition) is 2. The van der Waals surface area contributed by atoms with Crippen LogP contribution in [-0.2, 0) is 11.2 Å². The van der Waals surface area contributed by atoms with E-state index in [2.05, 4.69) is 11.3 Å². The van der Waals surface area contributed by atoms with Gasteiger partial charge in [0.15, 0.2) is 0 Å². The molecule has 0 amide bonds. The summed E-state index contributed by atoms with van der Waals surface area (Å²) in [5.74, 6) is -0.287. The third kappa shape index (κ3) is 5.74. The highest BCUT2D eigenvalue weighted by Crippen LogP contribution is 2.25. The summed E-state index contributed by atoms with van der Waals surface area (Å²) < 4.78 is 40.5. The van der Waals surface area contributed by atoms with Crippen molar-refractivity contribution in [3.8, 4) is 0 Å². The van der Waals surface area contributed by atoms with E-state index in [4.69, 9.17) is 5.73 Å². The van der Waals surface area contributed by atoms with Crippen molar-refractivity contribution >= 4 is 6.08 Å². The van der Waals surface area contributed by atoms with E-state index in [1.54, 1.807) is 6.08 Å². The molecule has 0 radical (unpaired) electrons. The molecule has 24 heavy (non-hydrogen) atoms. The summed E-state index contributed by atoms with van der Waals surface area (Å²) in [6.07, 6.45) is 6.15. The van der Waals surface area contributed by atoms with Gasteiger partial charge in [0.2, 0.25) is 0 Å². The molecule has 5 heteroatoms. The van der Waals surface area contributed by atoms with Crippen molar-refractivity contribution in [3.63, 3.8) is 0 Å². The van der Waals surface area contributed by atoms with Crippen LogP contribution in [0.3, 0.4) is 0 Å². The molecule has 0 fully saturated rings. The predicted octanol–water partition coefficient (Wildman–Crippen LogP) is 4.90. The summed E-state index contributed by atoms with van der Waals surface area (Å²) in [7, 11) is 0. The average Bonchev–Trinajstić information content (AvgIpc) is 2.50. The maximum absolute atomic E-state index is 12.2. The van der Waals surface area contributed by atoms with Gasteiger partial charge >= 0.3 is 6.36 Å². The Labute approximate surface area is 139 Å². The Morgan fingerprint density at radius 1 is 1.17 bits per heavy atom. The minimum absolute atomic E-state index is 0.287. The van der Waals surface area contributed by atoms with Gasteiger partial charge in [-0.2, -0.15) is 0 Å². The van der Waals surface area contributed by atoms with Gasteiger partial charge in [-0.1, -0.05) is 36.4 Å². The summed E-state index contributed by atoms with van der Waals surface area (Å²) in [5, 5.41) is 0. The number of ether oxygens (including phenoxy) is 1. The van der Waals surface area contributed by atoms with E-state index in [9.17, 15) is 13.2 Å². The molecule has 2 N–H and O–H groups in total. The number of aryl methyl sites for hydroxylation is 1. The molecule has 1 atom stereocenters. The molecule has 1 aromatic carbocycles. The molecule has 1 aliphatic carbocycles. The van der Waals surface area contributed by atoms with Crippen LogP contribution in [-0.4, -0.2) is 12.4 Å². The second-order valence-corrected chi connectivity index (χ2v) is 5.54. The second-order valence-electron chi connectivity index (χ2n) is 5.54. The molecule has 2 rings (SSSR count). The highest BCUT2D eigenvalue weighted by Gasteiger charge is 2.32. The van der Waals surface area contributed by atoms with Gasteiger partial charge in [-0.15, -0.1) is 19.8 Å². The van der Waals surface area contributed by atoms with Gasteiger partial charge in [0.1, 0.15) is 5.76 Å². The van der Waals surface area contributed by atoms with E-state index < -0.39 is 12.4 Å². The first-order chi connectivity index (χ1) is 11.4. The largest absolute Gasteiger partial charge is 0.573 e. The van der Waals surface area contributed by atoms with E-state index in [1.165, 1.54) is 17.7 Å². The lowest BCUT2D eigenvalue weighted by atomic mass is 9.98. The van der Waals surface area contributed by atoms with E-state index in [0.717, 1.165) is 30.4 Å². The molecule has 0 saturated heterocycles. The average molecular weight is 335 g/mol. The number of rotatable bonds is 6. The maximum atomic E-state index is 12.2. The fourth-order valence-electron chi connectivity index (χ4n) is 2.39. The lowest BCUT2D eigenvalue weighted by molar-refractivity contribution is -0.303. The lowest BCUT2D eigenvalue weighted by Gasteiger charge is -2.17. The molecule has 128 valence electrons. The number of alkyl halides is 3. The first kappa shape index (κ1) is 18.1. The van der Waals surface area contributed by atoms with E-state index in [1.807, 2.05) is 36.4 Å². The Morgan fingerprint density at radius 2 is 1.88 bits per heavy atom. The van der Waals surface area contributed by atoms with Gasteiger partial charge in [-0.3, -0.25) is 0 Å². The predicted molar refractivity (Wildman–Crippen MR) is 89.9 cm³/mol. The molecule has 0 saturated carbocycles. The van der Waals surface area contributed by atoms with Crippen molar-refractivity contribution in [2.75, 3.05) is 0 Å². The molecule has 1 aromatic rings. The first-order valence-electron chi connectivity index (χ1n) is 7.70. The van der Waals surface area contributed by atoms with Crippen molar-refractivity contribution in [3.05, 3.63) is 77.6 Å². The van der Waals surface area contributed by atoms with Crippen LogP contribution < -0.4 is 5.73 Å². The zero-order valence-electron chi connectivity index (χ0n) is 13.2. The summed E-state index contributed by atoms with van der Waals surface area (Å²) in [6.45, 7) is 3.70. The fourth-order valence-corrected chi connectivity index (χ4v) is 2.39. The Hall–Kier alpha value is -2.27. The van der Waals surface area contributed by atoms with E-state index >= 15 is 0 Å². The molecule has 1 unspecified atom stereocenters. The van der Waals surface area contributed by atoms with Gasteiger partial charge in [-0.05, 0) is 54.2 Å². The molecular formula is C19H20F3NO. The van der Waals surface area contributed by atoms with Crippen LogP contribution in [0, 0.1) is 0 Å². The molecular weight excluding hydrogens is 315 g/mol. The second kappa shape index (κ2) is 8.02. The summed E-state index contributed by atoms with van der Waals surface area (Å²) in [4.78, 5) is 0. The van der Waals surface area contributed by atoms with Crippen LogP contribution in [0.25, 0.3) is 6.08 Å². The van der Waals surface area contributed by atoms with Crippen LogP contribution in [0.15, 0.2) is 66.5 Å². The Bertz CT molecular complexity index is 654. The van der Waals surface area contributed by atoms with Gasteiger partial charge in [0.25, 0.3) is 0 Å². The number of nitrogens with two attached hydrogens (primary N) is 1. The Balaban J connectivity index is 2.02. The van der Waals surface area contributed by atoms with Gasteiger partial charge in [-0.25, -0.2) is 0 Å². The standard InChI is InChI=1S/C19H20F3NO/c1-2-3-4-5-14-6-8-15(9-7-14)12-16-10-11-17(13-18(16)23)24-19(20,21)22/h2,6-13,18H,1,3-5,23H2. The van der Waals surface area contributed by atoms with Crippen LogP contribution in [0.1, 0.15) is 24.0 Å². The smallest absolute Gasteiger partial charge is 0.406 e. The third-order valence-electron chi connectivity index (χ3n) is 3.59. The summed E-state index contributed by atoms with van der Waals surface area (Å²) in [6, 6.07) is 7.40. The molecule has 1 aliphatic rings. The van der Waals surface area contributed by atoms with Gasteiger partial charge in [0, 0.05) is 0 Å². The van der Waals surface area contributed by atoms with Crippen LogP contribution in [0.5, 0.6) is 0 Å². The number of halogens is 3. The summed E-state index contributed by atoms with van der Waals surface area (Å²) >= 11 is 0. The first-order valence-corrected chi connectivity index (χ1v) is 7.70. The number of allylic oxidation sites excluding steroid dienone is 2.